The van der Waals surface area contributed by atoms with Crippen molar-refractivity contribution in [3.63, 3.8) is 0 Å². The van der Waals surface area contributed by atoms with E-state index in [-0.39, 0.29) is 11.0 Å². The molecule has 0 unspecified atom stereocenters. The standard InChI is InChI=1S/C20H18F2N2O/c1-20(2)8-7-18-23-17-10-13(12-4-6-15(21)16(22)9-12)3-5-14(17)19(25)24(18)11-20/h3-6,9-10H,7-8,11H2,1-2H3. The molecule has 2 aromatic carbocycles. The molecular formula is C20H18F2N2O. The van der Waals surface area contributed by atoms with E-state index in [9.17, 15) is 13.6 Å². The first kappa shape index (κ1) is 15.9. The van der Waals surface area contributed by atoms with Crippen LogP contribution in [0.4, 0.5) is 8.78 Å². The summed E-state index contributed by atoms with van der Waals surface area (Å²) in [5.74, 6) is -0.977. The lowest BCUT2D eigenvalue weighted by atomic mass is 9.85. The maximum Gasteiger partial charge on any atom is 0.261 e. The summed E-state index contributed by atoms with van der Waals surface area (Å²) >= 11 is 0. The Hall–Kier alpha value is -2.56. The molecule has 0 saturated heterocycles. The van der Waals surface area contributed by atoms with Crippen LogP contribution in [0.5, 0.6) is 0 Å². The van der Waals surface area contributed by atoms with Crippen molar-refractivity contribution in [2.24, 2.45) is 5.41 Å². The van der Waals surface area contributed by atoms with Gasteiger partial charge in [0.15, 0.2) is 11.6 Å². The molecule has 3 nitrogen and oxygen atoms in total. The number of aromatic nitrogens is 2. The third-order valence-corrected chi connectivity index (χ3v) is 4.90. The quantitative estimate of drug-likeness (QED) is 0.661. The van der Waals surface area contributed by atoms with E-state index < -0.39 is 11.6 Å². The first-order valence-electron chi connectivity index (χ1n) is 8.33. The van der Waals surface area contributed by atoms with Crippen molar-refractivity contribution in [3.05, 3.63) is 64.2 Å². The normalized spacial score (nSPS) is 16.0. The second-order valence-corrected chi connectivity index (χ2v) is 7.44. The number of rotatable bonds is 1. The highest BCUT2D eigenvalue weighted by atomic mass is 19.2. The van der Waals surface area contributed by atoms with Crippen LogP contribution in [0.15, 0.2) is 41.2 Å². The van der Waals surface area contributed by atoms with Crippen LogP contribution in [0.25, 0.3) is 22.0 Å². The van der Waals surface area contributed by atoms with Gasteiger partial charge in [0.1, 0.15) is 5.82 Å². The molecule has 0 N–H and O–H groups in total. The topological polar surface area (TPSA) is 34.9 Å². The third-order valence-electron chi connectivity index (χ3n) is 4.90. The van der Waals surface area contributed by atoms with Gasteiger partial charge in [0.05, 0.1) is 10.9 Å². The van der Waals surface area contributed by atoms with Crippen molar-refractivity contribution in [1.82, 2.24) is 9.55 Å². The molecule has 4 rings (SSSR count). The fourth-order valence-corrected chi connectivity index (χ4v) is 3.43. The molecule has 0 spiro atoms. The average molecular weight is 340 g/mol. The molecule has 5 heteroatoms. The monoisotopic (exact) mass is 340 g/mol. The van der Waals surface area contributed by atoms with Gasteiger partial charge in [-0.05, 0) is 47.2 Å². The molecule has 128 valence electrons. The summed E-state index contributed by atoms with van der Waals surface area (Å²) in [5, 5.41) is 0.549. The van der Waals surface area contributed by atoms with Crippen molar-refractivity contribution < 1.29 is 8.78 Å². The van der Waals surface area contributed by atoms with Crippen LogP contribution in [0.1, 0.15) is 26.1 Å². The summed E-state index contributed by atoms with van der Waals surface area (Å²) in [4.78, 5) is 17.5. The van der Waals surface area contributed by atoms with Crippen LogP contribution < -0.4 is 5.56 Å². The van der Waals surface area contributed by atoms with Gasteiger partial charge in [0.25, 0.3) is 5.56 Å². The minimum absolute atomic E-state index is 0.0374. The molecule has 0 radical (unpaired) electrons. The van der Waals surface area contributed by atoms with Crippen LogP contribution in [0, 0.1) is 17.0 Å². The lowest BCUT2D eigenvalue weighted by Crippen LogP contribution is -2.36. The van der Waals surface area contributed by atoms with Gasteiger partial charge in [-0.1, -0.05) is 26.0 Å². The van der Waals surface area contributed by atoms with E-state index in [1.54, 1.807) is 22.8 Å². The van der Waals surface area contributed by atoms with E-state index >= 15 is 0 Å². The molecule has 0 saturated carbocycles. The molecule has 3 aromatic rings. The van der Waals surface area contributed by atoms with Gasteiger partial charge >= 0.3 is 0 Å². The van der Waals surface area contributed by atoms with Crippen molar-refractivity contribution in [1.29, 1.82) is 0 Å². The van der Waals surface area contributed by atoms with Crippen LogP contribution in [0.3, 0.4) is 0 Å². The second-order valence-electron chi connectivity index (χ2n) is 7.44. The van der Waals surface area contributed by atoms with E-state index in [1.807, 2.05) is 0 Å². The Morgan fingerprint density at radius 1 is 1.04 bits per heavy atom. The highest BCUT2D eigenvalue weighted by Crippen LogP contribution is 2.30. The smallest absolute Gasteiger partial charge is 0.261 e. The molecule has 1 aliphatic heterocycles. The number of aryl methyl sites for hydroxylation is 1. The predicted octanol–water partition coefficient (Wildman–Crippen LogP) is 4.31. The van der Waals surface area contributed by atoms with Crippen LogP contribution in [-0.2, 0) is 13.0 Å². The van der Waals surface area contributed by atoms with Crippen LogP contribution in [-0.4, -0.2) is 9.55 Å². The molecule has 25 heavy (non-hydrogen) atoms. The van der Waals surface area contributed by atoms with E-state index in [0.717, 1.165) is 30.8 Å². The van der Waals surface area contributed by atoms with Gasteiger partial charge < -0.3 is 0 Å². The van der Waals surface area contributed by atoms with E-state index in [2.05, 4.69) is 18.8 Å². The van der Waals surface area contributed by atoms with Crippen LogP contribution in [0.2, 0.25) is 0 Å². The fraction of sp³-hybridized carbons (Fsp3) is 0.300. The minimum atomic E-state index is -0.890. The Labute approximate surface area is 143 Å². The maximum absolute atomic E-state index is 13.5. The zero-order chi connectivity index (χ0) is 17.8. The predicted molar refractivity (Wildman–Crippen MR) is 93.5 cm³/mol. The number of nitrogens with zero attached hydrogens (tertiary/aromatic N) is 2. The van der Waals surface area contributed by atoms with Crippen molar-refractivity contribution in [3.8, 4) is 11.1 Å². The van der Waals surface area contributed by atoms with Gasteiger partial charge in [0, 0.05) is 13.0 Å². The van der Waals surface area contributed by atoms with Crippen molar-refractivity contribution >= 4 is 10.9 Å². The second kappa shape index (κ2) is 5.48. The summed E-state index contributed by atoms with van der Waals surface area (Å²) in [7, 11) is 0. The maximum atomic E-state index is 13.5. The van der Waals surface area contributed by atoms with Crippen LogP contribution >= 0.6 is 0 Å². The highest BCUT2D eigenvalue weighted by Gasteiger charge is 2.27. The van der Waals surface area contributed by atoms with Gasteiger partial charge in [-0.2, -0.15) is 0 Å². The first-order chi connectivity index (χ1) is 11.8. The van der Waals surface area contributed by atoms with E-state index in [0.29, 0.717) is 28.6 Å². The first-order valence-corrected chi connectivity index (χ1v) is 8.33. The number of hydrogen-bond donors (Lipinski definition) is 0. The summed E-state index contributed by atoms with van der Waals surface area (Å²) in [6.07, 6.45) is 1.74. The molecular weight excluding hydrogens is 322 g/mol. The van der Waals surface area contributed by atoms with Crippen molar-refractivity contribution in [2.75, 3.05) is 0 Å². The lowest BCUT2D eigenvalue weighted by Gasteiger charge is -2.31. The number of halogens is 2. The Balaban J connectivity index is 1.87. The molecule has 0 bridgehead atoms. The molecule has 0 atom stereocenters. The van der Waals surface area contributed by atoms with Gasteiger partial charge in [-0.3, -0.25) is 9.36 Å². The van der Waals surface area contributed by atoms with Gasteiger partial charge in [-0.25, -0.2) is 13.8 Å². The van der Waals surface area contributed by atoms with Gasteiger partial charge in [0.2, 0.25) is 0 Å². The number of benzene rings is 2. The molecule has 0 fully saturated rings. The van der Waals surface area contributed by atoms with E-state index in [4.69, 9.17) is 0 Å². The Morgan fingerprint density at radius 2 is 1.76 bits per heavy atom. The molecule has 0 amide bonds. The SMILES string of the molecule is CC1(C)CCc2nc3cc(-c4ccc(F)c(F)c4)ccc3c(=O)n2C1. The summed E-state index contributed by atoms with van der Waals surface area (Å²) < 4.78 is 28.4. The average Bonchev–Trinajstić information content (AvgIpc) is 2.57. The minimum Gasteiger partial charge on any atom is -0.296 e. The number of fused-ring (bicyclic) bond motifs is 2. The molecule has 1 aliphatic rings. The molecule has 1 aromatic heterocycles. The zero-order valence-corrected chi connectivity index (χ0v) is 14.1. The summed E-state index contributed by atoms with van der Waals surface area (Å²) in [6, 6.07) is 9.02. The Morgan fingerprint density at radius 3 is 2.52 bits per heavy atom. The third kappa shape index (κ3) is 2.73. The largest absolute Gasteiger partial charge is 0.296 e. The Bertz CT molecular complexity index is 1050. The summed E-state index contributed by atoms with van der Waals surface area (Å²) in [6.45, 7) is 4.96. The lowest BCUT2D eigenvalue weighted by molar-refractivity contribution is 0.240. The van der Waals surface area contributed by atoms with Gasteiger partial charge in [-0.15, -0.1) is 0 Å². The molecule has 2 heterocycles. The Kier molecular flexibility index (Phi) is 3.49. The molecule has 0 aliphatic carbocycles. The zero-order valence-electron chi connectivity index (χ0n) is 14.1. The fourth-order valence-electron chi connectivity index (χ4n) is 3.43. The summed E-state index contributed by atoms with van der Waals surface area (Å²) in [5.41, 5.74) is 1.90. The van der Waals surface area contributed by atoms with Crippen molar-refractivity contribution in [2.45, 2.75) is 33.2 Å². The highest BCUT2D eigenvalue weighted by molar-refractivity contribution is 5.83. The van der Waals surface area contributed by atoms with E-state index in [1.165, 1.54) is 6.07 Å². The number of hydrogen-bond acceptors (Lipinski definition) is 2.